The van der Waals surface area contributed by atoms with Gasteiger partial charge in [0.2, 0.25) is 0 Å². The van der Waals surface area contributed by atoms with Gasteiger partial charge in [0.15, 0.2) is 5.69 Å². The minimum atomic E-state index is -0.419. The van der Waals surface area contributed by atoms with E-state index in [-0.39, 0.29) is 30.5 Å². The van der Waals surface area contributed by atoms with E-state index in [4.69, 9.17) is 0 Å². The molecule has 0 saturated carbocycles. The van der Waals surface area contributed by atoms with Crippen LogP contribution in [-0.4, -0.2) is 41.6 Å². The summed E-state index contributed by atoms with van der Waals surface area (Å²) >= 11 is 0. The monoisotopic (exact) mass is 345 g/mol. The van der Waals surface area contributed by atoms with Crippen molar-refractivity contribution < 1.29 is 14.0 Å². The van der Waals surface area contributed by atoms with Crippen molar-refractivity contribution in [3.8, 4) is 0 Å². The SMILES string of the molecule is Cc1ccc(C(=O)NCCNC(=O)c2n[nH]c3c2CNCC3)cc1F. The van der Waals surface area contributed by atoms with Crippen molar-refractivity contribution in [2.75, 3.05) is 19.6 Å². The zero-order chi connectivity index (χ0) is 17.8. The first-order chi connectivity index (χ1) is 12.1. The topological polar surface area (TPSA) is 98.9 Å². The highest BCUT2D eigenvalue weighted by Gasteiger charge is 2.21. The zero-order valence-electron chi connectivity index (χ0n) is 13.9. The summed E-state index contributed by atoms with van der Waals surface area (Å²) in [6.45, 7) is 3.61. The van der Waals surface area contributed by atoms with Crippen LogP contribution in [0.3, 0.4) is 0 Å². The van der Waals surface area contributed by atoms with Gasteiger partial charge in [-0.2, -0.15) is 5.10 Å². The molecule has 0 atom stereocenters. The van der Waals surface area contributed by atoms with E-state index in [1.165, 1.54) is 6.07 Å². The highest BCUT2D eigenvalue weighted by molar-refractivity contribution is 5.95. The van der Waals surface area contributed by atoms with Gasteiger partial charge in [-0.25, -0.2) is 4.39 Å². The molecule has 0 spiro atoms. The number of nitrogens with zero attached hydrogens (tertiary/aromatic N) is 1. The van der Waals surface area contributed by atoms with Crippen LogP contribution in [0.2, 0.25) is 0 Å². The summed E-state index contributed by atoms with van der Waals surface area (Å²) in [6.07, 6.45) is 0.818. The zero-order valence-corrected chi connectivity index (χ0v) is 13.9. The lowest BCUT2D eigenvalue weighted by molar-refractivity contribution is 0.0924. The lowest BCUT2D eigenvalue weighted by Crippen LogP contribution is -2.35. The molecule has 0 saturated heterocycles. The Morgan fingerprint density at radius 1 is 1.24 bits per heavy atom. The molecule has 3 rings (SSSR count). The molecule has 7 nitrogen and oxygen atoms in total. The van der Waals surface area contributed by atoms with Gasteiger partial charge in [-0.15, -0.1) is 0 Å². The minimum Gasteiger partial charge on any atom is -0.350 e. The van der Waals surface area contributed by atoms with E-state index in [0.29, 0.717) is 17.8 Å². The third kappa shape index (κ3) is 3.85. The van der Waals surface area contributed by atoms with Gasteiger partial charge < -0.3 is 16.0 Å². The van der Waals surface area contributed by atoms with E-state index >= 15 is 0 Å². The Balaban J connectivity index is 1.48. The van der Waals surface area contributed by atoms with E-state index < -0.39 is 5.82 Å². The lowest BCUT2D eigenvalue weighted by atomic mass is 10.1. The van der Waals surface area contributed by atoms with E-state index in [2.05, 4.69) is 26.1 Å². The molecule has 0 radical (unpaired) electrons. The average molecular weight is 345 g/mol. The fourth-order valence-corrected chi connectivity index (χ4v) is 2.69. The molecule has 1 aromatic heterocycles. The molecule has 1 aliphatic heterocycles. The van der Waals surface area contributed by atoms with E-state index in [0.717, 1.165) is 24.2 Å². The second-order valence-electron chi connectivity index (χ2n) is 5.93. The van der Waals surface area contributed by atoms with Crippen LogP contribution in [0.5, 0.6) is 0 Å². The number of aryl methyl sites for hydroxylation is 1. The number of hydrogen-bond donors (Lipinski definition) is 4. The van der Waals surface area contributed by atoms with Crippen LogP contribution < -0.4 is 16.0 Å². The van der Waals surface area contributed by atoms with Crippen LogP contribution in [0.25, 0.3) is 0 Å². The number of carbonyl (C=O) groups is 2. The van der Waals surface area contributed by atoms with Crippen molar-refractivity contribution in [3.63, 3.8) is 0 Å². The van der Waals surface area contributed by atoms with Crippen molar-refractivity contribution in [2.24, 2.45) is 0 Å². The molecule has 0 aliphatic carbocycles. The molecule has 2 heterocycles. The summed E-state index contributed by atoms with van der Waals surface area (Å²) in [5.41, 5.74) is 3.00. The summed E-state index contributed by atoms with van der Waals surface area (Å²) in [4.78, 5) is 24.1. The molecule has 0 unspecified atom stereocenters. The number of carbonyl (C=O) groups excluding carboxylic acids is 2. The first kappa shape index (κ1) is 17.1. The highest BCUT2D eigenvalue weighted by Crippen LogP contribution is 2.14. The number of aromatic nitrogens is 2. The molecule has 132 valence electrons. The van der Waals surface area contributed by atoms with Gasteiger partial charge in [0.25, 0.3) is 11.8 Å². The molecule has 1 aliphatic rings. The number of benzene rings is 1. The Labute approximate surface area is 144 Å². The van der Waals surface area contributed by atoms with Crippen molar-refractivity contribution in [1.82, 2.24) is 26.1 Å². The molecule has 25 heavy (non-hydrogen) atoms. The molecule has 0 fully saturated rings. The number of aromatic amines is 1. The first-order valence-corrected chi connectivity index (χ1v) is 8.15. The molecular weight excluding hydrogens is 325 g/mol. The summed E-state index contributed by atoms with van der Waals surface area (Å²) in [7, 11) is 0. The van der Waals surface area contributed by atoms with Crippen LogP contribution in [0.15, 0.2) is 18.2 Å². The smallest absolute Gasteiger partial charge is 0.272 e. The fraction of sp³-hybridized carbons (Fsp3) is 0.353. The molecule has 1 aromatic carbocycles. The Kier molecular flexibility index (Phi) is 5.08. The molecule has 0 bridgehead atoms. The molecule has 2 amide bonds. The van der Waals surface area contributed by atoms with Gasteiger partial charge >= 0.3 is 0 Å². The van der Waals surface area contributed by atoms with Crippen molar-refractivity contribution in [2.45, 2.75) is 19.9 Å². The largest absolute Gasteiger partial charge is 0.350 e. The summed E-state index contributed by atoms with van der Waals surface area (Å²) < 4.78 is 13.5. The predicted octanol–water partition coefficient (Wildman–Crippen LogP) is 0.663. The van der Waals surface area contributed by atoms with Gasteiger partial charge in [0.05, 0.1) is 0 Å². The first-order valence-electron chi connectivity index (χ1n) is 8.15. The van der Waals surface area contributed by atoms with Gasteiger partial charge in [-0.1, -0.05) is 6.07 Å². The molecule has 4 N–H and O–H groups in total. The number of halogens is 1. The van der Waals surface area contributed by atoms with Gasteiger partial charge in [0.1, 0.15) is 5.82 Å². The predicted molar refractivity (Wildman–Crippen MR) is 89.8 cm³/mol. The van der Waals surface area contributed by atoms with Crippen molar-refractivity contribution >= 4 is 11.8 Å². The average Bonchev–Trinajstić information content (AvgIpc) is 3.05. The third-order valence-corrected chi connectivity index (χ3v) is 4.15. The van der Waals surface area contributed by atoms with Gasteiger partial charge in [-0.05, 0) is 24.6 Å². The Hall–Kier alpha value is -2.74. The standard InChI is InChI=1S/C17H20FN5O2/c1-10-2-3-11(8-13(10)18)16(24)20-6-7-21-17(25)15-12-9-19-5-4-14(12)22-23-15/h2-3,8,19H,4-7,9H2,1H3,(H,20,24)(H,21,25)(H,22,23). The number of hydrogen-bond acceptors (Lipinski definition) is 4. The number of H-pyrrole nitrogens is 1. The summed E-state index contributed by atoms with van der Waals surface area (Å²) in [5, 5.41) is 15.5. The van der Waals surface area contributed by atoms with E-state index in [1.807, 2.05) is 0 Å². The Morgan fingerprint density at radius 3 is 2.76 bits per heavy atom. The van der Waals surface area contributed by atoms with Crippen LogP contribution >= 0.6 is 0 Å². The van der Waals surface area contributed by atoms with Crippen LogP contribution in [0.1, 0.15) is 37.7 Å². The van der Waals surface area contributed by atoms with Crippen molar-refractivity contribution in [1.29, 1.82) is 0 Å². The highest BCUT2D eigenvalue weighted by atomic mass is 19.1. The Morgan fingerprint density at radius 2 is 2.00 bits per heavy atom. The maximum absolute atomic E-state index is 13.5. The molecule has 2 aromatic rings. The number of rotatable bonds is 5. The van der Waals surface area contributed by atoms with E-state index in [9.17, 15) is 14.0 Å². The lowest BCUT2D eigenvalue weighted by Gasteiger charge is -2.13. The Bertz CT molecular complexity index is 802. The quantitative estimate of drug-likeness (QED) is 0.599. The maximum atomic E-state index is 13.5. The van der Waals surface area contributed by atoms with Gasteiger partial charge in [0, 0.05) is 49.4 Å². The summed E-state index contributed by atoms with van der Waals surface area (Å²) in [6, 6.07) is 4.32. The number of amides is 2. The van der Waals surface area contributed by atoms with Crippen molar-refractivity contribution in [3.05, 3.63) is 52.1 Å². The van der Waals surface area contributed by atoms with Crippen LogP contribution in [0, 0.1) is 12.7 Å². The van der Waals surface area contributed by atoms with E-state index in [1.54, 1.807) is 19.1 Å². The number of nitrogens with one attached hydrogen (secondary N) is 4. The number of fused-ring (bicyclic) bond motifs is 1. The van der Waals surface area contributed by atoms with Gasteiger partial charge in [-0.3, -0.25) is 14.7 Å². The minimum absolute atomic E-state index is 0.241. The second kappa shape index (κ2) is 7.43. The van der Waals surface area contributed by atoms with Crippen LogP contribution in [0.4, 0.5) is 4.39 Å². The molecular formula is C17H20FN5O2. The summed E-state index contributed by atoms with van der Waals surface area (Å²) in [5.74, 6) is -1.08. The maximum Gasteiger partial charge on any atom is 0.272 e. The normalized spacial score (nSPS) is 13.2. The third-order valence-electron chi connectivity index (χ3n) is 4.15. The fourth-order valence-electron chi connectivity index (χ4n) is 2.69. The second-order valence-corrected chi connectivity index (χ2v) is 5.93. The van der Waals surface area contributed by atoms with Crippen LogP contribution in [-0.2, 0) is 13.0 Å². The molecule has 8 heteroatoms.